The maximum absolute atomic E-state index is 11.5. The topological polar surface area (TPSA) is 122 Å². The SMILES string of the molecule is CCOC(=O)Nc1cc2c(c(N)n1)N=C(c1ccccc1)C(O)N2. The summed E-state index contributed by atoms with van der Waals surface area (Å²) in [6.07, 6.45) is -1.63. The first-order valence-corrected chi connectivity index (χ1v) is 7.41. The third-order valence-electron chi connectivity index (χ3n) is 3.38. The highest BCUT2D eigenvalue weighted by atomic mass is 16.5. The number of aliphatic hydroxyl groups excluding tert-OH is 1. The Morgan fingerprint density at radius 2 is 2.17 bits per heavy atom. The molecule has 2 heterocycles. The molecule has 1 aliphatic heterocycles. The van der Waals surface area contributed by atoms with Crippen LogP contribution in [0.3, 0.4) is 0 Å². The minimum absolute atomic E-state index is 0.132. The van der Waals surface area contributed by atoms with Crippen molar-refractivity contribution < 1.29 is 14.6 Å². The second-order valence-electron chi connectivity index (χ2n) is 5.04. The lowest BCUT2D eigenvalue weighted by Crippen LogP contribution is -2.32. The van der Waals surface area contributed by atoms with E-state index in [-0.39, 0.29) is 18.2 Å². The number of nitrogens with one attached hydrogen (secondary N) is 2. The van der Waals surface area contributed by atoms with Crippen molar-refractivity contribution in [3.8, 4) is 0 Å². The Hall–Kier alpha value is -3.13. The zero-order valence-corrected chi connectivity index (χ0v) is 13.0. The Labute approximate surface area is 138 Å². The summed E-state index contributed by atoms with van der Waals surface area (Å²) in [5.74, 6) is 0.342. The van der Waals surface area contributed by atoms with Crippen molar-refractivity contribution in [3.05, 3.63) is 42.0 Å². The number of nitrogens with two attached hydrogens (primary N) is 1. The van der Waals surface area contributed by atoms with Gasteiger partial charge in [0.05, 0.1) is 18.0 Å². The molecule has 8 heteroatoms. The van der Waals surface area contributed by atoms with Crippen LogP contribution in [0.2, 0.25) is 0 Å². The van der Waals surface area contributed by atoms with Crippen LogP contribution in [-0.4, -0.2) is 34.7 Å². The molecule has 0 radical (unpaired) electrons. The monoisotopic (exact) mass is 327 g/mol. The predicted molar refractivity (Wildman–Crippen MR) is 91.6 cm³/mol. The molecule has 0 saturated carbocycles. The van der Waals surface area contributed by atoms with Crippen molar-refractivity contribution in [2.45, 2.75) is 13.2 Å². The van der Waals surface area contributed by atoms with Gasteiger partial charge < -0.3 is 20.9 Å². The van der Waals surface area contributed by atoms with E-state index < -0.39 is 12.3 Å². The molecule has 0 fully saturated rings. The molecule has 1 aliphatic rings. The van der Waals surface area contributed by atoms with E-state index >= 15 is 0 Å². The number of nitrogen functional groups attached to an aromatic ring is 1. The normalized spacial score (nSPS) is 15.8. The molecule has 124 valence electrons. The second kappa shape index (κ2) is 6.55. The molecule has 8 nitrogen and oxygen atoms in total. The van der Waals surface area contributed by atoms with Crippen molar-refractivity contribution in [2.24, 2.45) is 4.99 Å². The number of carbonyl (C=O) groups excluding carboxylic acids is 1. The highest BCUT2D eigenvalue weighted by Crippen LogP contribution is 2.36. The van der Waals surface area contributed by atoms with Gasteiger partial charge in [0, 0.05) is 11.6 Å². The molecule has 1 unspecified atom stereocenters. The lowest BCUT2D eigenvalue weighted by Gasteiger charge is -2.24. The molecule has 0 aliphatic carbocycles. The van der Waals surface area contributed by atoms with Gasteiger partial charge in [0.1, 0.15) is 11.5 Å². The molecule has 1 aromatic carbocycles. The van der Waals surface area contributed by atoms with Gasteiger partial charge in [-0.1, -0.05) is 30.3 Å². The van der Waals surface area contributed by atoms with Gasteiger partial charge in [-0.2, -0.15) is 0 Å². The number of aromatic nitrogens is 1. The van der Waals surface area contributed by atoms with Crippen molar-refractivity contribution in [2.75, 3.05) is 23.0 Å². The number of aliphatic imine (C=N–C) groups is 1. The Balaban J connectivity index is 1.95. The number of aliphatic hydroxyl groups is 1. The van der Waals surface area contributed by atoms with E-state index in [9.17, 15) is 9.90 Å². The molecule has 5 N–H and O–H groups in total. The molecule has 0 bridgehead atoms. The lowest BCUT2D eigenvalue weighted by atomic mass is 10.1. The van der Waals surface area contributed by atoms with E-state index in [1.54, 1.807) is 6.92 Å². The largest absolute Gasteiger partial charge is 0.450 e. The molecule has 1 aromatic heterocycles. The van der Waals surface area contributed by atoms with E-state index in [0.29, 0.717) is 17.1 Å². The first kappa shape index (κ1) is 15.8. The van der Waals surface area contributed by atoms with Crippen LogP contribution >= 0.6 is 0 Å². The smallest absolute Gasteiger partial charge is 0.412 e. The fraction of sp³-hybridized carbons (Fsp3) is 0.188. The summed E-state index contributed by atoms with van der Waals surface area (Å²) in [5, 5.41) is 15.7. The molecule has 1 amide bonds. The lowest BCUT2D eigenvalue weighted by molar-refractivity contribution is 0.168. The van der Waals surface area contributed by atoms with E-state index in [2.05, 4.69) is 20.6 Å². The minimum atomic E-state index is -1.00. The van der Waals surface area contributed by atoms with Crippen LogP contribution in [-0.2, 0) is 4.74 Å². The Morgan fingerprint density at radius 1 is 1.42 bits per heavy atom. The van der Waals surface area contributed by atoms with Gasteiger partial charge >= 0.3 is 6.09 Å². The summed E-state index contributed by atoms with van der Waals surface area (Å²) in [7, 11) is 0. The summed E-state index contributed by atoms with van der Waals surface area (Å²) in [4.78, 5) is 20.0. The number of anilines is 3. The van der Waals surface area contributed by atoms with Crippen LogP contribution in [0, 0.1) is 0 Å². The van der Waals surface area contributed by atoms with Crippen LogP contribution in [0.1, 0.15) is 12.5 Å². The van der Waals surface area contributed by atoms with E-state index in [0.717, 1.165) is 5.56 Å². The second-order valence-corrected chi connectivity index (χ2v) is 5.04. The highest BCUT2D eigenvalue weighted by molar-refractivity contribution is 6.09. The average Bonchev–Trinajstić information content (AvgIpc) is 2.55. The molecular weight excluding hydrogens is 310 g/mol. The van der Waals surface area contributed by atoms with E-state index in [4.69, 9.17) is 10.5 Å². The molecular formula is C16H17N5O3. The number of hydrogen-bond acceptors (Lipinski definition) is 7. The minimum Gasteiger partial charge on any atom is -0.450 e. The third-order valence-corrected chi connectivity index (χ3v) is 3.38. The van der Waals surface area contributed by atoms with Gasteiger partial charge in [0.2, 0.25) is 0 Å². The van der Waals surface area contributed by atoms with Gasteiger partial charge in [-0.15, -0.1) is 0 Å². The van der Waals surface area contributed by atoms with Gasteiger partial charge in [0.25, 0.3) is 0 Å². The fourth-order valence-corrected chi connectivity index (χ4v) is 2.35. The Bertz CT molecular complexity index is 792. The molecule has 0 spiro atoms. The summed E-state index contributed by atoms with van der Waals surface area (Å²) in [5.41, 5.74) is 8.05. The number of benzene rings is 1. The van der Waals surface area contributed by atoms with Crippen molar-refractivity contribution >= 4 is 34.8 Å². The van der Waals surface area contributed by atoms with E-state index in [1.807, 2.05) is 30.3 Å². The van der Waals surface area contributed by atoms with Crippen molar-refractivity contribution in [1.29, 1.82) is 0 Å². The number of hydrogen-bond donors (Lipinski definition) is 4. The summed E-state index contributed by atoms with van der Waals surface area (Å²) < 4.78 is 4.80. The first-order valence-electron chi connectivity index (χ1n) is 7.41. The van der Waals surface area contributed by atoms with Gasteiger partial charge in [-0.05, 0) is 6.92 Å². The number of rotatable bonds is 3. The molecule has 1 atom stereocenters. The van der Waals surface area contributed by atoms with Crippen LogP contribution in [0.5, 0.6) is 0 Å². The standard InChI is InChI=1S/C16H17N5O3/c1-2-24-16(23)20-11-8-10-13(14(17)19-11)21-12(15(22)18-10)9-6-4-3-5-7-9/h3-8,15,18,22H,2H2,1H3,(H3,17,19,20,23). The number of carbonyl (C=O) groups is 1. The van der Waals surface area contributed by atoms with E-state index in [1.165, 1.54) is 6.07 Å². The van der Waals surface area contributed by atoms with Crippen LogP contribution in [0.15, 0.2) is 41.4 Å². The number of ether oxygens (including phenoxy) is 1. The number of amides is 1. The van der Waals surface area contributed by atoms with Gasteiger partial charge in [-0.3, -0.25) is 5.32 Å². The number of pyridine rings is 1. The van der Waals surface area contributed by atoms with Crippen LogP contribution in [0.4, 0.5) is 27.8 Å². The Kier molecular flexibility index (Phi) is 4.30. The first-order chi connectivity index (χ1) is 11.6. The predicted octanol–water partition coefficient (Wildman–Crippen LogP) is 2.10. The summed E-state index contributed by atoms with van der Waals surface area (Å²) in [6.45, 7) is 1.94. The molecule has 2 aromatic rings. The van der Waals surface area contributed by atoms with Crippen LogP contribution < -0.4 is 16.4 Å². The molecule has 0 saturated heterocycles. The number of fused-ring (bicyclic) bond motifs is 1. The van der Waals surface area contributed by atoms with Gasteiger partial charge in [0.15, 0.2) is 12.0 Å². The summed E-state index contributed by atoms with van der Waals surface area (Å²) in [6, 6.07) is 10.8. The maximum Gasteiger partial charge on any atom is 0.412 e. The molecule has 3 rings (SSSR count). The highest BCUT2D eigenvalue weighted by Gasteiger charge is 2.24. The van der Waals surface area contributed by atoms with Gasteiger partial charge in [-0.25, -0.2) is 14.8 Å². The van der Waals surface area contributed by atoms with Crippen LogP contribution in [0.25, 0.3) is 0 Å². The zero-order valence-electron chi connectivity index (χ0n) is 13.0. The van der Waals surface area contributed by atoms with Crippen molar-refractivity contribution in [1.82, 2.24) is 4.98 Å². The van der Waals surface area contributed by atoms with Crippen molar-refractivity contribution in [3.63, 3.8) is 0 Å². The molecule has 24 heavy (non-hydrogen) atoms. The number of nitrogens with zero attached hydrogens (tertiary/aromatic N) is 2. The Morgan fingerprint density at radius 3 is 2.88 bits per heavy atom. The fourth-order valence-electron chi connectivity index (χ4n) is 2.35. The maximum atomic E-state index is 11.5. The third kappa shape index (κ3) is 3.13. The summed E-state index contributed by atoms with van der Waals surface area (Å²) >= 11 is 0. The average molecular weight is 327 g/mol. The zero-order chi connectivity index (χ0) is 17.1. The quantitative estimate of drug-likeness (QED) is 0.685.